The molecule has 3 N–H and O–H groups in total. The van der Waals surface area contributed by atoms with Gasteiger partial charge in [-0.1, -0.05) is 109 Å². The molecule has 0 bridgehead atoms. The standard InChI is InChI=1S/C32H28N2O2/c1-32(24-14-4-2-5-15-24,25-16-6-3-7-17-25)31(36)34-29(30(33)35)21-28-26-18-10-8-12-22(26)20-23-13-9-11-19-27(23)28/h2-20,29H,21H2,1H3,(H2,33,35)(H,34,36)/t29-/m0/s1. The maximum Gasteiger partial charge on any atom is 0.240 e. The molecular formula is C32H28N2O2. The molecule has 1 atom stereocenters. The van der Waals surface area contributed by atoms with E-state index in [2.05, 4.69) is 35.6 Å². The number of amides is 2. The molecule has 5 rings (SSSR count). The van der Waals surface area contributed by atoms with Crippen LogP contribution in [0.3, 0.4) is 0 Å². The van der Waals surface area contributed by atoms with Crippen LogP contribution in [-0.4, -0.2) is 17.9 Å². The number of fused-ring (bicyclic) bond motifs is 2. The minimum absolute atomic E-state index is 0.270. The zero-order valence-corrected chi connectivity index (χ0v) is 20.1. The smallest absolute Gasteiger partial charge is 0.240 e. The van der Waals surface area contributed by atoms with Gasteiger partial charge in [0.2, 0.25) is 11.8 Å². The molecule has 0 aliphatic heterocycles. The lowest BCUT2D eigenvalue weighted by atomic mass is 9.75. The number of carbonyl (C=O) groups excluding carboxylic acids is 2. The van der Waals surface area contributed by atoms with Crippen molar-refractivity contribution < 1.29 is 9.59 Å². The maximum atomic E-state index is 14.0. The van der Waals surface area contributed by atoms with Gasteiger partial charge in [0.15, 0.2) is 0 Å². The average molecular weight is 473 g/mol. The fourth-order valence-electron chi connectivity index (χ4n) is 5.03. The largest absolute Gasteiger partial charge is 0.368 e. The highest BCUT2D eigenvalue weighted by Gasteiger charge is 2.38. The topological polar surface area (TPSA) is 72.2 Å². The van der Waals surface area contributed by atoms with Crippen LogP contribution in [-0.2, 0) is 21.4 Å². The summed E-state index contributed by atoms with van der Waals surface area (Å²) in [6.45, 7) is 1.89. The second-order valence-corrected chi connectivity index (χ2v) is 9.29. The summed E-state index contributed by atoms with van der Waals surface area (Å²) >= 11 is 0. The molecule has 36 heavy (non-hydrogen) atoms. The summed E-state index contributed by atoms with van der Waals surface area (Å²) in [5.41, 5.74) is 7.56. The third-order valence-electron chi connectivity index (χ3n) is 7.10. The Kier molecular flexibility index (Phi) is 6.26. The Bertz CT molecular complexity index is 1450. The fourth-order valence-corrected chi connectivity index (χ4v) is 5.03. The number of hydrogen-bond acceptors (Lipinski definition) is 2. The zero-order valence-electron chi connectivity index (χ0n) is 20.1. The molecule has 4 heteroatoms. The van der Waals surface area contributed by atoms with E-state index in [0.717, 1.165) is 38.2 Å². The van der Waals surface area contributed by atoms with Crippen molar-refractivity contribution in [2.75, 3.05) is 0 Å². The Labute approximate surface area is 210 Å². The van der Waals surface area contributed by atoms with Gasteiger partial charge in [-0.2, -0.15) is 0 Å². The summed E-state index contributed by atoms with van der Waals surface area (Å²) in [7, 11) is 0. The number of carbonyl (C=O) groups is 2. The number of primary amides is 1. The Balaban J connectivity index is 1.56. The third kappa shape index (κ3) is 4.22. The van der Waals surface area contributed by atoms with Crippen LogP contribution in [0.4, 0.5) is 0 Å². The van der Waals surface area contributed by atoms with Gasteiger partial charge < -0.3 is 11.1 Å². The molecule has 4 nitrogen and oxygen atoms in total. The number of nitrogens with one attached hydrogen (secondary N) is 1. The predicted molar refractivity (Wildman–Crippen MR) is 146 cm³/mol. The van der Waals surface area contributed by atoms with Gasteiger partial charge in [0.25, 0.3) is 0 Å². The lowest BCUT2D eigenvalue weighted by Crippen LogP contribution is -2.52. The highest BCUT2D eigenvalue weighted by molar-refractivity contribution is 6.03. The van der Waals surface area contributed by atoms with Crippen LogP contribution in [0.25, 0.3) is 21.5 Å². The lowest BCUT2D eigenvalue weighted by molar-refractivity contribution is -0.129. The van der Waals surface area contributed by atoms with Gasteiger partial charge in [0.05, 0.1) is 5.41 Å². The minimum Gasteiger partial charge on any atom is -0.368 e. The van der Waals surface area contributed by atoms with Crippen molar-refractivity contribution in [2.45, 2.75) is 24.8 Å². The molecule has 0 aliphatic carbocycles. The van der Waals surface area contributed by atoms with E-state index in [1.807, 2.05) is 91.9 Å². The maximum absolute atomic E-state index is 14.0. The normalized spacial score (nSPS) is 12.4. The Morgan fingerprint density at radius 2 is 1.17 bits per heavy atom. The van der Waals surface area contributed by atoms with E-state index in [-0.39, 0.29) is 5.91 Å². The zero-order chi connectivity index (χ0) is 25.1. The van der Waals surface area contributed by atoms with E-state index in [1.54, 1.807) is 0 Å². The van der Waals surface area contributed by atoms with Crippen LogP contribution in [0.5, 0.6) is 0 Å². The quantitative estimate of drug-likeness (QED) is 0.307. The molecule has 2 amide bonds. The van der Waals surface area contributed by atoms with Gasteiger partial charge in [-0.3, -0.25) is 9.59 Å². The van der Waals surface area contributed by atoms with Crippen molar-refractivity contribution in [3.05, 3.63) is 132 Å². The van der Waals surface area contributed by atoms with E-state index < -0.39 is 17.4 Å². The van der Waals surface area contributed by atoms with Crippen molar-refractivity contribution >= 4 is 33.4 Å². The van der Waals surface area contributed by atoms with Crippen LogP contribution in [0.15, 0.2) is 115 Å². The molecule has 5 aromatic rings. The molecular weight excluding hydrogens is 444 g/mol. The first-order valence-electron chi connectivity index (χ1n) is 12.1. The van der Waals surface area contributed by atoms with E-state index in [1.165, 1.54) is 0 Å². The highest BCUT2D eigenvalue weighted by Crippen LogP contribution is 2.33. The van der Waals surface area contributed by atoms with Crippen molar-refractivity contribution in [2.24, 2.45) is 5.73 Å². The fraction of sp³-hybridized carbons (Fsp3) is 0.125. The first-order valence-corrected chi connectivity index (χ1v) is 12.1. The molecule has 0 saturated carbocycles. The monoisotopic (exact) mass is 472 g/mol. The first kappa shape index (κ1) is 23.3. The van der Waals surface area contributed by atoms with Crippen LogP contribution >= 0.6 is 0 Å². The second kappa shape index (κ2) is 9.67. The number of nitrogens with two attached hydrogens (primary N) is 1. The van der Waals surface area contributed by atoms with E-state index in [4.69, 9.17) is 5.73 Å². The Morgan fingerprint density at radius 1 is 0.722 bits per heavy atom. The molecule has 0 aliphatic rings. The van der Waals surface area contributed by atoms with Crippen molar-refractivity contribution in [3.63, 3.8) is 0 Å². The Hall–Kier alpha value is -4.44. The molecule has 0 fully saturated rings. The van der Waals surface area contributed by atoms with Crippen molar-refractivity contribution in [1.29, 1.82) is 0 Å². The molecule has 5 aromatic carbocycles. The summed E-state index contributed by atoms with van der Waals surface area (Å²) < 4.78 is 0. The molecule has 0 unspecified atom stereocenters. The molecule has 0 spiro atoms. The van der Waals surface area contributed by atoms with Crippen molar-refractivity contribution in [1.82, 2.24) is 5.32 Å². The minimum atomic E-state index is -1.00. The van der Waals surface area contributed by atoms with Gasteiger partial charge in [0.1, 0.15) is 6.04 Å². The Morgan fingerprint density at radius 3 is 1.64 bits per heavy atom. The summed E-state index contributed by atoms with van der Waals surface area (Å²) in [4.78, 5) is 26.7. The lowest BCUT2D eigenvalue weighted by Gasteiger charge is -2.31. The van der Waals surface area contributed by atoms with Gasteiger partial charge >= 0.3 is 0 Å². The van der Waals surface area contributed by atoms with Crippen LogP contribution in [0.1, 0.15) is 23.6 Å². The summed E-state index contributed by atoms with van der Waals surface area (Å²) in [5, 5.41) is 7.28. The molecule has 0 radical (unpaired) electrons. The van der Waals surface area contributed by atoms with Gasteiger partial charge in [-0.25, -0.2) is 0 Å². The summed E-state index contributed by atoms with van der Waals surface area (Å²) in [6, 6.07) is 36.7. The molecule has 0 heterocycles. The number of benzene rings is 5. The first-order chi connectivity index (χ1) is 17.5. The number of hydrogen-bond donors (Lipinski definition) is 2. The highest BCUT2D eigenvalue weighted by atomic mass is 16.2. The van der Waals surface area contributed by atoms with Gasteiger partial charge in [-0.05, 0) is 51.2 Å². The van der Waals surface area contributed by atoms with Gasteiger partial charge in [0, 0.05) is 6.42 Å². The van der Waals surface area contributed by atoms with E-state index >= 15 is 0 Å². The molecule has 0 aromatic heterocycles. The predicted octanol–water partition coefficient (Wildman–Crippen LogP) is 5.51. The molecule has 0 saturated heterocycles. The second-order valence-electron chi connectivity index (χ2n) is 9.29. The van der Waals surface area contributed by atoms with Crippen LogP contribution in [0, 0.1) is 0 Å². The third-order valence-corrected chi connectivity index (χ3v) is 7.10. The van der Waals surface area contributed by atoms with Crippen molar-refractivity contribution in [3.8, 4) is 0 Å². The summed E-state index contributed by atoms with van der Waals surface area (Å²) in [6.07, 6.45) is 0.294. The number of rotatable bonds is 7. The van der Waals surface area contributed by atoms with Crippen LogP contribution < -0.4 is 11.1 Å². The van der Waals surface area contributed by atoms with E-state index in [9.17, 15) is 9.59 Å². The van der Waals surface area contributed by atoms with Crippen LogP contribution in [0.2, 0.25) is 0 Å². The average Bonchev–Trinajstić information content (AvgIpc) is 2.92. The summed E-state index contributed by atoms with van der Waals surface area (Å²) in [5.74, 6) is -0.836. The molecule has 178 valence electrons. The van der Waals surface area contributed by atoms with E-state index in [0.29, 0.717) is 6.42 Å². The SMILES string of the molecule is CC(C(=O)N[C@@H](Cc1c2ccccc2cc2ccccc12)C(N)=O)(c1ccccc1)c1ccccc1. The van der Waals surface area contributed by atoms with Gasteiger partial charge in [-0.15, -0.1) is 0 Å².